The van der Waals surface area contributed by atoms with E-state index in [0.717, 1.165) is 5.69 Å². The average molecular weight is 181 g/mol. The topological polar surface area (TPSA) is 40.7 Å². The van der Waals surface area contributed by atoms with Crippen molar-refractivity contribution in [3.8, 4) is 0 Å². The summed E-state index contributed by atoms with van der Waals surface area (Å²) < 4.78 is 0. The Kier molecular flexibility index (Phi) is 3.48. The Labute approximate surface area is 79.9 Å². The molecule has 0 saturated heterocycles. The molecule has 74 valence electrons. The van der Waals surface area contributed by atoms with Crippen molar-refractivity contribution in [3.63, 3.8) is 0 Å². The van der Waals surface area contributed by atoms with E-state index in [9.17, 15) is 0 Å². The monoisotopic (exact) mass is 181 g/mol. The molecule has 0 aromatic carbocycles. The number of nitrogens with zero attached hydrogens (tertiary/aromatic N) is 1. The molecule has 3 heteroatoms. The van der Waals surface area contributed by atoms with Gasteiger partial charge in [0.05, 0.1) is 5.69 Å². The van der Waals surface area contributed by atoms with Crippen LogP contribution in [0, 0.1) is 5.92 Å². The summed E-state index contributed by atoms with van der Waals surface area (Å²) in [5.74, 6) is 0.658. The minimum absolute atomic E-state index is 0.347. The van der Waals surface area contributed by atoms with Gasteiger partial charge in [-0.05, 0) is 25.8 Å². The molecule has 2 unspecified atom stereocenters. The van der Waals surface area contributed by atoms with Crippen LogP contribution in [-0.2, 0) is 0 Å². The highest BCUT2D eigenvalue weighted by atomic mass is 15.1. The largest absolute Gasteiger partial charge is 0.306 e. The van der Waals surface area contributed by atoms with Gasteiger partial charge < -0.3 is 5.32 Å². The molecule has 0 bridgehead atoms. The average Bonchev–Trinajstić information content (AvgIpc) is 2.55. The number of hydrogen-bond donors (Lipinski definition) is 2. The normalized spacial score (nSPS) is 16.1. The molecule has 0 aliphatic carbocycles. The molecule has 0 spiro atoms. The van der Waals surface area contributed by atoms with E-state index in [2.05, 4.69) is 43.2 Å². The number of aromatic amines is 1. The molecular weight excluding hydrogens is 162 g/mol. The molecule has 2 atom stereocenters. The first-order valence-electron chi connectivity index (χ1n) is 4.86. The SMILES string of the molecule is CC(NC(C)C(C)C)c1ccn[nH]1. The van der Waals surface area contributed by atoms with E-state index in [-0.39, 0.29) is 0 Å². The van der Waals surface area contributed by atoms with Gasteiger partial charge in [0.1, 0.15) is 0 Å². The van der Waals surface area contributed by atoms with E-state index in [0.29, 0.717) is 18.0 Å². The predicted octanol–water partition coefficient (Wildman–Crippen LogP) is 2.10. The van der Waals surface area contributed by atoms with Crippen molar-refractivity contribution in [1.29, 1.82) is 0 Å². The highest BCUT2D eigenvalue weighted by Gasteiger charge is 2.12. The zero-order valence-electron chi connectivity index (χ0n) is 8.83. The molecule has 1 heterocycles. The second-order valence-corrected chi connectivity index (χ2v) is 3.93. The van der Waals surface area contributed by atoms with Gasteiger partial charge in [-0.15, -0.1) is 0 Å². The maximum Gasteiger partial charge on any atom is 0.0518 e. The third kappa shape index (κ3) is 2.84. The molecule has 0 saturated carbocycles. The predicted molar refractivity (Wildman–Crippen MR) is 54.4 cm³/mol. The van der Waals surface area contributed by atoms with Crippen molar-refractivity contribution in [1.82, 2.24) is 15.5 Å². The Morgan fingerprint density at radius 2 is 2.00 bits per heavy atom. The lowest BCUT2D eigenvalue weighted by Crippen LogP contribution is -2.33. The van der Waals surface area contributed by atoms with Crippen LogP contribution in [-0.4, -0.2) is 16.2 Å². The van der Waals surface area contributed by atoms with Crippen molar-refractivity contribution in [2.24, 2.45) is 5.92 Å². The summed E-state index contributed by atoms with van der Waals surface area (Å²) in [7, 11) is 0. The summed E-state index contributed by atoms with van der Waals surface area (Å²) in [6.07, 6.45) is 1.79. The fourth-order valence-electron chi connectivity index (χ4n) is 1.18. The third-order valence-electron chi connectivity index (χ3n) is 2.50. The first-order chi connectivity index (χ1) is 6.11. The van der Waals surface area contributed by atoms with Crippen LogP contribution in [0.2, 0.25) is 0 Å². The van der Waals surface area contributed by atoms with E-state index in [1.165, 1.54) is 0 Å². The minimum atomic E-state index is 0.347. The van der Waals surface area contributed by atoms with Crippen LogP contribution in [0.3, 0.4) is 0 Å². The summed E-state index contributed by atoms with van der Waals surface area (Å²) in [4.78, 5) is 0. The lowest BCUT2D eigenvalue weighted by atomic mass is 10.1. The number of H-pyrrole nitrogens is 1. The zero-order valence-corrected chi connectivity index (χ0v) is 8.83. The molecule has 1 aromatic rings. The van der Waals surface area contributed by atoms with E-state index in [1.54, 1.807) is 6.20 Å². The number of rotatable bonds is 4. The van der Waals surface area contributed by atoms with Crippen molar-refractivity contribution < 1.29 is 0 Å². The van der Waals surface area contributed by atoms with Crippen LogP contribution in [0.4, 0.5) is 0 Å². The van der Waals surface area contributed by atoms with Crippen LogP contribution in [0.5, 0.6) is 0 Å². The van der Waals surface area contributed by atoms with Gasteiger partial charge in [-0.25, -0.2) is 0 Å². The van der Waals surface area contributed by atoms with E-state index in [4.69, 9.17) is 0 Å². The van der Waals surface area contributed by atoms with Crippen molar-refractivity contribution in [2.45, 2.75) is 39.8 Å². The van der Waals surface area contributed by atoms with Crippen molar-refractivity contribution in [3.05, 3.63) is 18.0 Å². The van der Waals surface area contributed by atoms with E-state index < -0.39 is 0 Å². The van der Waals surface area contributed by atoms with Crippen LogP contribution in [0.1, 0.15) is 39.4 Å². The first-order valence-corrected chi connectivity index (χ1v) is 4.86. The summed E-state index contributed by atoms with van der Waals surface area (Å²) in [6, 6.07) is 2.88. The molecule has 0 aliphatic rings. The molecule has 0 fully saturated rings. The van der Waals surface area contributed by atoms with Crippen LogP contribution in [0.15, 0.2) is 12.3 Å². The van der Waals surface area contributed by atoms with Gasteiger partial charge in [0.15, 0.2) is 0 Å². The summed E-state index contributed by atoms with van der Waals surface area (Å²) >= 11 is 0. The Morgan fingerprint density at radius 1 is 1.31 bits per heavy atom. The fraction of sp³-hybridized carbons (Fsp3) is 0.700. The summed E-state index contributed by atoms with van der Waals surface area (Å²) in [5, 5.41) is 10.4. The summed E-state index contributed by atoms with van der Waals surface area (Å²) in [6.45, 7) is 8.79. The van der Waals surface area contributed by atoms with Gasteiger partial charge in [0.25, 0.3) is 0 Å². The molecule has 0 amide bonds. The molecule has 1 aromatic heterocycles. The Hall–Kier alpha value is -0.830. The molecular formula is C10H19N3. The highest BCUT2D eigenvalue weighted by Crippen LogP contribution is 2.11. The van der Waals surface area contributed by atoms with E-state index in [1.807, 2.05) is 6.07 Å². The third-order valence-corrected chi connectivity index (χ3v) is 2.50. The minimum Gasteiger partial charge on any atom is -0.306 e. The van der Waals surface area contributed by atoms with Crippen LogP contribution < -0.4 is 5.32 Å². The van der Waals surface area contributed by atoms with Crippen LogP contribution >= 0.6 is 0 Å². The van der Waals surface area contributed by atoms with Crippen molar-refractivity contribution >= 4 is 0 Å². The van der Waals surface area contributed by atoms with Gasteiger partial charge in [-0.2, -0.15) is 5.10 Å². The molecule has 0 aliphatic heterocycles. The molecule has 0 radical (unpaired) electrons. The lowest BCUT2D eigenvalue weighted by Gasteiger charge is -2.21. The van der Waals surface area contributed by atoms with Gasteiger partial charge >= 0.3 is 0 Å². The van der Waals surface area contributed by atoms with Gasteiger partial charge in [0, 0.05) is 18.3 Å². The zero-order chi connectivity index (χ0) is 9.84. The van der Waals surface area contributed by atoms with Crippen LogP contribution in [0.25, 0.3) is 0 Å². The molecule has 3 nitrogen and oxygen atoms in total. The number of aromatic nitrogens is 2. The molecule has 13 heavy (non-hydrogen) atoms. The lowest BCUT2D eigenvalue weighted by molar-refractivity contribution is 0.385. The fourth-order valence-corrected chi connectivity index (χ4v) is 1.18. The standard InChI is InChI=1S/C10H19N3/c1-7(2)8(3)12-9(4)10-5-6-11-13-10/h5-9,12H,1-4H3,(H,11,13). The summed E-state index contributed by atoms with van der Waals surface area (Å²) in [5.41, 5.74) is 1.15. The number of nitrogens with one attached hydrogen (secondary N) is 2. The maximum absolute atomic E-state index is 3.93. The maximum atomic E-state index is 3.93. The van der Waals surface area contributed by atoms with Crippen molar-refractivity contribution in [2.75, 3.05) is 0 Å². The second-order valence-electron chi connectivity index (χ2n) is 3.93. The van der Waals surface area contributed by atoms with Gasteiger partial charge in [-0.1, -0.05) is 13.8 Å². The van der Waals surface area contributed by atoms with E-state index >= 15 is 0 Å². The number of hydrogen-bond acceptors (Lipinski definition) is 2. The smallest absolute Gasteiger partial charge is 0.0518 e. The highest BCUT2D eigenvalue weighted by molar-refractivity contribution is 5.03. The molecule has 1 rings (SSSR count). The Balaban J connectivity index is 2.46. The Bertz CT molecular complexity index is 228. The van der Waals surface area contributed by atoms with Gasteiger partial charge in [-0.3, -0.25) is 5.10 Å². The second kappa shape index (κ2) is 4.42. The molecule has 2 N–H and O–H groups in total. The Morgan fingerprint density at radius 3 is 2.46 bits per heavy atom. The van der Waals surface area contributed by atoms with Gasteiger partial charge in [0.2, 0.25) is 0 Å². The quantitative estimate of drug-likeness (QED) is 0.747. The first kappa shape index (κ1) is 10.3.